The van der Waals surface area contributed by atoms with Gasteiger partial charge in [0.2, 0.25) is 0 Å². The van der Waals surface area contributed by atoms with Gasteiger partial charge < -0.3 is 9.73 Å². The van der Waals surface area contributed by atoms with Crippen LogP contribution in [0.4, 0.5) is 0 Å². The van der Waals surface area contributed by atoms with Crippen molar-refractivity contribution in [3.63, 3.8) is 0 Å². The van der Waals surface area contributed by atoms with Crippen molar-refractivity contribution in [3.05, 3.63) is 53.7 Å². The summed E-state index contributed by atoms with van der Waals surface area (Å²) in [5.41, 5.74) is 2.58. The van der Waals surface area contributed by atoms with Crippen molar-refractivity contribution < 1.29 is 4.42 Å². The second-order valence-corrected chi connectivity index (χ2v) is 4.10. The van der Waals surface area contributed by atoms with Gasteiger partial charge in [0.1, 0.15) is 5.76 Å². The first kappa shape index (κ1) is 9.60. The largest absolute Gasteiger partial charge is 0.468 e. The highest BCUT2D eigenvalue weighted by Gasteiger charge is 2.22. The molecule has 0 fully saturated rings. The van der Waals surface area contributed by atoms with Gasteiger partial charge in [-0.15, -0.1) is 0 Å². The Hall–Kier alpha value is -1.61. The second kappa shape index (κ2) is 4.10. The Morgan fingerprint density at radius 1 is 1.38 bits per heavy atom. The Bertz CT molecular complexity index is 465. The van der Waals surface area contributed by atoms with Crippen LogP contribution in [0.15, 0.2) is 41.1 Å². The van der Waals surface area contributed by atoms with Crippen molar-refractivity contribution in [3.8, 4) is 0 Å². The van der Waals surface area contributed by atoms with Gasteiger partial charge in [0.25, 0.3) is 0 Å². The summed E-state index contributed by atoms with van der Waals surface area (Å²) >= 11 is 0. The fourth-order valence-electron chi connectivity index (χ4n) is 2.25. The minimum atomic E-state index is 0.376. The van der Waals surface area contributed by atoms with Crippen LogP contribution in [0.5, 0.6) is 0 Å². The number of nitrogens with one attached hydrogen (secondary N) is 1. The number of furan rings is 1. The zero-order chi connectivity index (χ0) is 10.8. The van der Waals surface area contributed by atoms with Gasteiger partial charge in [0.05, 0.1) is 24.5 Å². The lowest BCUT2D eigenvalue weighted by Crippen LogP contribution is -2.19. The van der Waals surface area contributed by atoms with Gasteiger partial charge in [0.15, 0.2) is 0 Å². The molecule has 0 saturated heterocycles. The zero-order valence-electron chi connectivity index (χ0n) is 9.02. The third kappa shape index (κ3) is 1.74. The molecule has 0 radical (unpaired) electrons. The van der Waals surface area contributed by atoms with Crippen molar-refractivity contribution >= 4 is 0 Å². The number of hydrogen-bond donors (Lipinski definition) is 1. The van der Waals surface area contributed by atoms with E-state index in [4.69, 9.17) is 4.42 Å². The van der Waals surface area contributed by atoms with E-state index in [0.717, 1.165) is 25.1 Å². The smallest absolute Gasteiger partial charge is 0.117 e. The highest BCUT2D eigenvalue weighted by molar-refractivity contribution is 5.27. The second-order valence-electron chi connectivity index (χ2n) is 4.10. The maximum absolute atomic E-state index is 5.30. The third-order valence-corrected chi connectivity index (χ3v) is 3.06. The van der Waals surface area contributed by atoms with Crippen molar-refractivity contribution in [2.45, 2.75) is 25.4 Å². The van der Waals surface area contributed by atoms with Gasteiger partial charge in [-0.2, -0.15) is 0 Å². The highest BCUT2D eigenvalue weighted by Crippen LogP contribution is 2.28. The Morgan fingerprint density at radius 3 is 3.25 bits per heavy atom. The molecule has 0 aromatic carbocycles. The number of aromatic nitrogens is 1. The molecule has 2 aromatic rings. The fourth-order valence-corrected chi connectivity index (χ4v) is 2.25. The Balaban J connectivity index is 1.69. The summed E-state index contributed by atoms with van der Waals surface area (Å²) in [4.78, 5) is 4.45. The van der Waals surface area contributed by atoms with E-state index in [9.17, 15) is 0 Å². The van der Waals surface area contributed by atoms with E-state index in [-0.39, 0.29) is 0 Å². The molecular formula is C13H14N2O. The quantitative estimate of drug-likeness (QED) is 0.852. The van der Waals surface area contributed by atoms with Crippen LogP contribution in [0.2, 0.25) is 0 Å². The van der Waals surface area contributed by atoms with Crippen molar-refractivity contribution in [2.75, 3.05) is 0 Å². The Labute approximate surface area is 94.5 Å². The highest BCUT2D eigenvalue weighted by atomic mass is 16.3. The number of fused-ring (bicyclic) bond motifs is 1. The van der Waals surface area contributed by atoms with E-state index in [1.807, 2.05) is 24.4 Å². The minimum Gasteiger partial charge on any atom is -0.468 e. The molecule has 0 spiro atoms. The zero-order valence-corrected chi connectivity index (χ0v) is 9.02. The van der Waals surface area contributed by atoms with Crippen LogP contribution in [0.25, 0.3) is 0 Å². The molecule has 2 heterocycles. The fraction of sp³-hybridized carbons (Fsp3) is 0.308. The summed E-state index contributed by atoms with van der Waals surface area (Å²) in [5, 5.41) is 3.48. The van der Waals surface area contributed by atoms with Crippen LogP contribution in [-0.2, 0) is 13.0 Å². The molecule has 0 saturated carbocycles. The SMILES string of the molecule is c1coc(CNC2CCc3cccnc32)c1. The molecule has 3 nitrogen and oxygen atoms in total. The first-order chi connectivity index (χ1) is 7.93. The van der Waals surface area contributed by atoms with Crippen LogP contribution in [0.1, 0.15) is 29.5 Å². The third-order valence-electron chi connectivity index (χ3n) is 3.06. The van der Waals surface area contributed by atoms with Crippen LogP contribution in [-0.4, -0.2) is 4.98 Å². The topological polar surface area (TPSA) is 38.1 Å². The van der Waals surface area contributed by atoms with Crippen LogP contribution >= 0.6 is 0 Å². The summed E-state index contributed by atoms with van der Waals surface area (Å²) in [6, 6.07) is 8.45. The molecule has 2 aromatic heterocycles. The molecule has 1 N–H and O–H groups in total. The molecule has 3 heteroatoms. The standard InChI is InChI=1S/C13H14N2O/c1-3-10-5-6-12(13(10)14-7-1)15-9-11-4-2-8-16-11/h1-4,7-8,12,15H,5-6,9H2. The van der Waals surface area contributed by atoms with Crippen molar-refractivity contribution in [1.29, 1.82) is 0 Å². The molecule has 1 aliphatic carbocycles. The van der Waals surface area contributed by atoms with Crippen molar-refractivity contribution in [1.82, 2.24) is 10.3 Å². The maximum Gasteiger partial charge on any atom is 0.117 e. The number of hydrogen-bond acceptors (Lipinski definition) is 3. The number of nitrogens with zero attached hydrogens (tertiary/aromatic N) is 1. The van der Waals surface area contributed by atoms with Gasteiger partial charge in [0, 0.05) is 6.20 Å². The lowest BCUT2D eigenvalue weighted by atomic mass is 10.2. The molecule has 0 aliphatic heterocycles. The average molecular weight is 214 g/mol. The lowest BCUT2D eigenvalue weighted by molar-refractivity contribution is 0.444. The molecule has 16 heavy (non-hydrogen) atoms. The predicted octanol–water partition coefficient (Wildman–Crippen LogP) is 2.45. The van der Waals surface area contributed by atoms with Crippen LogP contribution < -0.4 is 5.32 Å². The lowest BCUT2D eigenvalue weighted by Gasteiger charge is -2.11. The number of pyridine rings is 1. The van der Waals surface area contributed by atoms with Crippen LogP contribution in [0, 0.1) is 0 Å². The molecule has 1 unspecified atom stereocenters. The molecule has 82 valence electrons. The van der Waals surface area contributed by atoms with Gasteiger partial charge in [-0.3, -0.25) is 4.98 Å². The minimum absolute atomic E-state index is 0.376. The Morgan fingerprint density at radius 2 is 2.38 bits per heavy atom. The summed E-state index contributed by atoms with van der Waals surface area (Å²) in [7, 11) is 0. The van der Waals surface area contributed by atoms with E-state index in [0.29, 0.717) is 6.04 Å². The normalized spacial score (nSPS) is 18.6. The average Bonchev–Trinajstić information content (AvgIpc) is 2.96. The summed E-state index contributed by atoms with van der Waals surface area (Å²) in [6.45, 7) is 0.772. The molecule has 1 atom stereocenters. The first-order valence-electron chi connectivity index (χ1n) is 5.63. The van der Waals surface area contributed by atoms with Crippen LogP contribution in [0.3, 0.4) is 0 Å². The molecule has 0 amide bonds. The summed E-state index contributed by atoms with van der Waals surface area (Å²) in [5.74, 6) is 0.976. The van der Waals surface area contributed by atoms with E-state index in [2.05, 4.69) is 16.4 Å². The maximum atomic E-state index is 5.30. The van der Waals surface area contributed by atoms with Gasteiger partial charge in [-0.25, -0.2) is 0 Å². The van der Waals surface area contributed by atoms with E-state index in [1.165, 1.54) is 11.3 Å². The van der Waals surface area contributed by atoms with Gasteiger partial charge >= 0.3 is 0 Å². The van der Waals surface area contributed by atoms with E-state index < -0.39 is 0 Å². The molecular weight excluding hydrogens is 200 g/mol. The van der Waals surface area contributed by atoms with Gasteiger partial charge in [-0.1, -0.05) is 6.07 Å². The number of aryl methyl sites for hydroxylation is 1. The molecule has 1 aliphatic rings. The first-order valence-corrected chi connectivity index (χ1v) is 5.63. The predicted molar refractivity (Wildman–Crippen MR) is 60.8 cm³/mol. The summed E-state index contributed by atoms with van der Waals surface area (Å²) in [6.07, 6.45) is 5.83. The van der Waals surface area contributed by atoms with E-state index in [1.54, 1.807) is 6.26 Å². The van der Waals surface area contributed by atoms with Gasteiger partial charge in [-0.05, 0) is 36.6 Å². The number of rotatable bonds is 3. The van der Waals surface area contributed by atoms with Crippen molar-refractivity contribution in [2.24, 2.45) is 0 Å². The van der Waals surface area contributed by atoms with E-state index >= 15 is 0 Å². The summed E-state index contributed by atoms with van der Waals surface area (Å²) < 4.78 is 5.30. The monoisotopic (exact) mass is 214 g/mol. The molecule has 0 bridgehead atoms. The molecule has 3 rings (SSSR count). The Kier molecular flexibility index (Phi) is 2.46.